The molecule has 0 saturated carbocycles. The normalized spacial score (nSPS) is 11.1. The molecule has 2 N–H and O–H groups in total. The molecule has 0 saturated heterocycles. The molecule has 3 rings (SSSR count). The first-order valence-electron chi connectivity index (χ1n) is 8.58. The summed E-state index contributed by atoms with van der Waals surface area (Å²) in [6.07, 6.45) is 4.05. The molecule has 0 aliphatic rings. The summed E-state index contributed by atoms with van der Waals surface area (Å²) in [5.41, 5.74) is 2.16. The van der Waals surface area contributed by atoms with Crippen LogP contribution in [0.2, 0.25) is 0 Å². The highest BCUT2D eigenvalue weighted by Gasteiger charge is 2.15. The number of aryl methyl sites for hydroxylation is 1. The van der Waals surface area contributed by atoms with E-state index in [4.69, 9.17) is 0 Å². The van der Waals surface area contributed by atoms with Gasteiger partial charge in [0.2, 0.25) is 5.91 Å². The molecule has 0 spiro atoms. The van der Waals surface area contributed by atoms with Crippen molar-refractivity contribution in [3.05, 3.63) is 66.2 Å². The molecule has 9 nitrogen and oxygen atoms in total. The molecule has 0 atom stereocenters. The highest BCUT2D eigenvalue weighted by Crippen LogP contribution is 2.16. The van der Waals surface area contributed by atoms with Crippen LogP contribution in [0, 0.1) is 6.92 Å². The summed E-state index contributed by atoms with van der Waals surface area (Å²) in [4.78, 5) is 28.4. The van der Waals surface area contributed by atoms with Crippen LogP contribution in [0.4, 0.5) is 5.69 Å². The maximum absolute atomic E-state index is 12.4. The molecule has 1 heterocycles. The number of hydrogen-bond acceptors (Lipinski definition) is 6. The van der Waals surface area contributed by atoms with E-state index in [1.807, 2.05) is 0 Å². The van der Waals surface area contributed by atoms with E-state index in [2.05, 4.69) is 20.7 Å². The van der Waals surface area contributed by atoms with Gasteiger partial charge < -0.3 is 10.6 Å². The number of hydrogen-bond donors (Lipinski definition) is 2. The molecule has 0 bridgehead atoms. The van der Waals surface area contributed by atoms with Crippen molar-refractivity contribution in [1.82, 2.24) is 20.1 Å². The summed E-state index contributed by atoms with van der Waals surface area (Å²) in [7, 11) is -3.44. The van der Waals surface area contributed by atoms with E-state index in [-0.39, 0.29) is 17.0 Å². The van der Waals surface area contributed by atoms with Gasteiger partial charge in [0.1, 0.15) is 12.7 Å². The van der Waals surface area contributed by atoms with Gasteiger partial charge in [0.05, 0.1) is 17.1 Å². The van der Waals surface area contributed by atoms with Gasteiger partial charge in [-0.3, -0.25) is 9.59 Å². The number of nitrogens with zero attached hydrogens (tertiary/aromatic N) is 3. The van der Waals surface area contributed by atoms with E-state index in [1.54, 1.807) is 48.3 Å². The summed E-state index contributed by atoms with van der Waals surface area (Å²) in [5.74, 6) is -0.937. The largest absolute Gasteiger partial charge is 0.343 e. The Kier molecular flexibility index (Phi) is 5.74. The van der Waals surface area contributed by atoms with Gasteiger partial charge in [-0.2, -0.15) is 5.10 Å². The van der Waals surface area contributed by atoms with Crippen LogP contribution in [0.15, 0.2) is 60.0 Å². The van der Waals surface area contributed by atoms with Crippen molar-refractivity contribution in [3.63, 3.8) is 0 Å². The van der Waals surface area contributed by atoms with Gasteiger partial charge in [-0.05, 0) is 48.9 Å². The molecular weight excluding hydrogens is 394 g/mol. The molecule has 150 valence electrons. The Hall–Kier alpha value is -3.53. The van der Waals surface area contributed by atoms with Crippen molar-refractivity contribution < 1.29 is 18.0 Å². The number of sulfone groups is 1. The first-order valence-corrected chi connectivity index (χ1v) is 10.5. The number of rotatable bonds is 6. The van der Waals surface area contributed by atoms with Crippen molar-refractivity contribution in [1.29, 1.82) is 0 Å². The summed E-state index contributed by atoms with van der Waals surface area (Å²) in [6.45, 7) is 1.43. The lowest BCUT2D eigenvalue weighted by molar-refractivity contribution is -0.115. The van der Waals surface area contributed by atoms with Crippen LogP contribution in [-0.2, 0) is 14.6 Å². The van der Waals surface area contributed by atoms with Crippen molar-refractivity contribution in [2.24, 2.45) is 0 Å². The molecule has 0 unspecified atom stereocenters. The fraction of sp³-hybridized carbons (Fsp3) is 0.158. The number of benzene rings is 2. The lowest BCUT2D eigenvalue weighted by atomic mass is 10.1. The minimum Gasteiger partial charge on any atom is -0.343 e. The summed E-state index contributed by atoms with van der Waals surface area (Å²) in [6, 6.07) is 11.2. The van der Waals surface area contributed by atoms with Gasteiger partial charge in [0.15, 0.2) is 9.84 Å². The van der Waals surface area contributed by atoms with Crippen molar-refractivity contribution in [2.45, 2.75) is 11.8 Å². The predicted octanol–water partition coefficient (Wildman–Crippen LogP) is 1.35. The molecule has 2 aromatic carbocycles. The first-order chi connectivity index (χ1) is 13.7. The van der Waals surface area contributed by atoms with Crippen LogP contribution in [0.3, 0.4) is 0 Å². The third-order valence-corrected chi connectivity index (χ3v) is 5.24. The van der Waals surface area contributed by atoms with Crippen molar-refractivity contribution in [3.8, 4) is 5.69 Å². The maximum Gasteiger partial charge on any atom is 0.252 e. The van der Waals surface area contributed by atoms with Gasteiger partial charge in [-0.1, -0.05) is 6.07 Å². The Balaban J connectivity index is 1.60. The Morgan fingerprint density at radius 3 is 2.45 bits per heavy atom. The molecule has 0 radical (unpaired) electrons. The lowest BCUT2D eigenvalue weighted by Gasteiger charge is -2.10. The second kappa shape index (κ2) is 8.23. The summed E-state index contributed by atoms with van der Waals surface area (Å²) < 4.78 is 24.9. The van der Waals surface area contributed by atoms with Crippen LogP contribution in [0.25, 0.3) is 5.69 Å². The van der Waals surface area contributed by atoms with E-state index in [1.165, 1.54) is 18.5 Å². The van der Waals surface area contributed by atoms with Gasteiger partial charge in [-0.15, -0.1) is 0 Å². The highest BCUT2D eigenvalue weighted by molar-refractivity contribution is 7.90. The zero-order chi connectivity index (χ0) is 21.0. The smallest absolute Gasteiger partial charge is 0.252 e. The molecule has 0 aliphatic heterocycles. The number of aromatic nitrogens is 3. The Morgan fingerprint density at radius 1 is 1.10 bits per heavy atom. The van der Waals surface area contributed by atoms with Gasteiger partial charge in [0, 0.05) is 17.5 Å². The predicted molar refractivity (Wildman–Crippen MR) is 107 cm³/mol. The summed E-state index contributed by atoms with van der Waals surface area (Å²) in [5, 5.41) is 9.20. The minimum absolute atomic E-state index is 0.0465. The minimum atomic E-state index is -3.44. The van der Waals surface area contributed by atoms with E-state index in [0.29, 0.717) is 11.3 Å². The number of anilines is 1. The SMILES string of the molecule is Cc1ccc(S(C)(=O)=O)cc1C(=O)NCC(=O)Nc1ccc(-n2cncn2)cc1. The monoisotopic (exact) mass is 413 g/mol. The van der Waals surface area contributed by atoms with Gasteiger partial charge in [-0.25, -0.2) is 18.1 Å². The maximum atomic E-state index is 12.4. The van der Waals surface area contributed by atoms with Gasteiger partial charge >= 0.3 is 0 Å². The van der Waals surface area contributed by atoms with E-state index < -0.39 is 21.7 Å². The zero-order valence-corrected chi connectivity index (χ0v) is 16.6. The number of amides is 2. The third kappa shape index (κ3) is 5.05. The van der Waals surface area contributed by atoms with Crippen LogP contribution in [-0.4, -0.2) is 47.8 Å². The van der Waals surface area contributed by atoms with E-state index >= 15 is 0 Å². The molecule has 10 heteroatoms. The molecule has 0 aliphatic carbocycles. The molecular formula is C19H19N5O4S. The standard InChI is InChI=1S/C19H19N5O4S/c1-13-3-8-16(29(2,27)28)9-17(13)19(26)21-10-18(25)23-14-4-6-15(7-5-14)24-12-20-11-22-24/h3-9,11-12H,10H2,1-2H3,(H,21,26)(H,23,25). The topological polar surface area (TPSA) is 123 Å². The molecule has 29 heavy (non-hydrogen) atoms. The van der Waals surface area contributed by atoms with E-state index in [9.17, 15) is 18.0 Å². The van der Waals surface area contributed by atoms with Crippen LogP contribution in [0.5, 0.6) is 0 Å². The fourth-order valence-corrected chi connectivity index (χ4v) is 3.22. The number of carbonyl (C=O) groups excluding carboxylic acids is 2. The van der Waals surface area contributed by atoms with Crippen LogP contribution < -0.4 is 10.6 Å². The Morgan fingerprint density at radius 2 is 1.83 bits per heavy atom. The third-order valence-electron chi connectivity index (χ3n) is 4.13. The van der Waals surface area contributed by atoms with E-state index in [0.717, 1.165) is 11.9 Å². The van der Waals surface area contributed by atoms with Crippen LogP contribution in [0.1, 0.15) is 15.9 Å². The highest BCUT2D eigenvalue weighted by atomic mass is 32.2. The second-order valence-electron chi connectivity index (χ2n) is 6.37. The quantitative estimate of drug-likeness (QED) is 0.629. The molecule has 1 aromatic heterocycles. The number of nitrogens with one attached hydrogen (secondary N) is 2. The number of carbonyl (C=O) groups is 2. The Bertz CT molecular complexity index is 1140. The van der Waals surface area contributed by atoms with Crippen LogP contribution >= 0.6 is 0 Å². The first kappa shape index (κ1) is 20.2. The second-order valence-corrected chi connectivity index (χ2v) is 8.38. The van der Waals surface area contributed by atoms with Crippen molar-refractivity contribution in [2.75, 3.05) is 18.1 Å². The zero-order valence-electron chi connectivity index (χ0n) is 15.8. The Labute approximate surface area is 167 Å². The molecule has 2 amide bonds. The lowest BCUT2D eigenvalue weighted by Crippen LogP contribution is -2.33. The fourth-order valence-electron chi connectivity index (χ4n) is 2.58. The molecule has 3 aromatic rings. The molecule has 0 fully saturated rings. The average Bonchev–Trinajstić information content (AvgIpc) is 3.21. The summed E-state index contributed by atoms with van der Waals surface area (Å²) >= 11 is 0. The average molecular weight is 413 g/mol. The van der Waals surface area contributed by atoms with Gasteiger partial charge in [0.25, 0.3) is 5.91 Å². The van der Waals surface area contributed by atoms with Crippen molar-refractivity contribution >= 4 is 27.3 Å².